The quantitative estimate of drug-likeness (QED) is 0.471. The lowest BCUT2D eigenvalue weighted by Gasteiger charge is -2.16. The van der Waals surface area contributed by atoms with E-state index in [0.717, 1.165) is 6.92 Å². The highest BCUT2D eigenvalue weighted by Crippen LogP contribution is 2.39. The van der Waals surface area contributed by atoms with E-state index in [0.29, 0.717) is 0 Å². The lowest BCUT2D eigenvalue weighted by Crippen LogP contribution is -2.18. The average Bonchev–Trinajstić information content (AvgIpc) is 2.24. The van der Waals surface area contributed by atoms with Gasteiger partial charge in [-0.25, -0.2) is 0 Å². The maximum Gasteiger partial charge on any atom is 0.417 e. The van der Waals surface area contributed by atoms with Gasteiger partial charge in [-0.1, -0.05) is 0 Å². The lowest BCUT2D eigenvalue weighted by atomic mass is 9.96. The van der Waals surface area contributed by atoms with E-state index in [1.807, 2.05) is 0 Å². The Morgan fingerprint density at radius 3 is 1.58 bits per heavy atom. The second-order valence-electron chi connectivity index (χ2n) is 3.65. The predicted octanol–water partition coefficient (Wildman–Crippen LogP) is 3.74. The Balaban J connectivity index is 3.77. The average molecular weight is 284 g/mol. The zero-order valence-electron chi connectivity index (χ0n) is 9.32. The van der Waals surface area contributed by atoms with Gasteiger partial charge in [-0.2, -0.15) is 26.3 Å². The summed E-state index contributed by atoms with van der Waals surface area (Å²) >= 11 is 0. The zero-order chi connectivity index (χ0) is 15.0. The molecular weight excluding hydrogens is 278 g/mol. The van der Waals surface area contributed by atoms with Crippen LogP contribution >= 0.6 is 0 Å². The van der Waals surface area contributed by atoms with Crippen molar-refractivity contribution in [1.29, 1.82) is 0 Å². The van der Waals surface area contributed by atoms with Crippen molar-refractivity contribution in [1.82, 2.24) is 0 Å². The van der Waals surface area contributed by atoms with Crippen molar-refractivity contribution < 1.29 is 35.9 Å². The molecule has 104 valence electrons. The number of carbonyl (C=O) groups is 2. The van der Waals surface area contributed by atoms with Gasteiger partial charge in [0.2, 0.25) is 0 Å². The molecule has 0 atom stereocenters. The number of alkyl halides is 6. The van der Waals surface area contributed by atoms with E-state index in [-0.39, 0.29) is 12.1 Å². The topological polar surface area (TPSA) is 34.1 Å². The molecule has 8 heteroatoms. The first-order valence-corrected chi connectivity index (χ1v) is 4.77. The van der Waals surface area contributed by atoms with Gasteiger partial charge in [0, 0.05) is 11.1 Å². The van der Waals surface area contributed by atoms with Crippen molar-refractivity contribution in [3.63, 3.8) is 0 Å². The van der Waals surface area contributed by atoms with E-state index in [4.69, 9.17) is 0 Å². The number of hydrogen-bond donors (Lipinski definition) is 0. The smallest absolute Gasteiger partial charge is 0.298 e. The molecule has 2 nitrogen and oxygen atoms in total. The number of hydrogen-bond acceptors (Lipinski definition) is 2. The number of rotatable bonds is 2. The summed E-state index contributed by atoms with van der Waals surface area (Å²) in [6.45, 7) is 0.830. The van der Waals surface area contributed by atoms with Gasteiger partial charge < -0.3 is 0 Å². The SMILES string of the molecule is CC(=O)c1cc(C(F)(F)F)c(C=O)c(C(F)(F)F)c1. The van der Waals surface area contributed by atoms with E-state index in [1.54, 1.807) is 0 Å². The van der Waals surface area contributed by atoms with Gasteiger partial charge in [-0.15, -0.1) is 0 Å². The highest BCUT2D eigenvalue weighted by molar-refractivity contribution is 5.96. The van der Waals surface area contributed by atoms with Crippen LogP contribution in [0, 0.1) is 0 Å². The maximum absolute atomic E-state index is 12.6. The Bertz CT molecular complexity index is 492. The van der Waals surface area contributed by atoms with Gasteiger partial charge in [0.25, 0.3) is 0 Å². The molecule has 0 N–H and O–H groups in total. The first kappa shape index (κ1) is 15.2. The Labute approximate surface area is 103 Å². The van der Waals surface area contributed by atoms with Crippen LogP contribution in [-0.4, -0.2) is 12.1 Å². The van der Waals surface area contributed by atoms with E-state index < -0.39 is 46.7 Å². The molecule has 0 radical (unpaired) electrons. The Kier molecular flexibility index (Phi) is 3.74. The fourth-order valence-corrected chi connectivity index (χ4v) is 1.45. The van der Waals surface area contributed by atoms with Gasteiger partial charge in [-0.3, -0.25) is 9.59 Å². The first-order valence-electron chi connectivity index (χ1n) is 4.77. The zero-order valence-corrected chi connectivity index (χ0v) is 9.32. The fraction of sp³-hybridized carbons (Fsp3) is 0.273. The van der Waals surface area contributed by atoms with Gasteiger partial charge in [0.1, 0.15) is 0 Å². The second-order valence-corrected chi connectivity index (χ2v) is 3.65. The molecule has 0 fully saturated rings. The minimum Gasteiger partial charge on any atom is -0.298 e. The maximum atomic E-state index is 12.6. The van der Waals surface area contributed by atoms with Gasteiger partial charge in [0.05, 0.1) is 11.1 Å². The summed E-state index contributed by atoms with van der Waals surface area (Å²) in [5.74, 6) is -0.964. The highest BCUT2D eigenvalue weighted by atomic mass is 19.4. The molecule has 1 aromatic carbocycles. The van der Waals surface area contributed by atoms with Gasteiger partial charge >= 0.3 is 12.4 Å². The first-order chi connectivity index (χ1) is 8.48. The van der Waals surface area contributed by atoms with Crippen molar-refractivity contribution >= 4 is 12.1 Å². The summed E-state index contributed by atoms with van der Waals surface area (Å²) in [4.78, 5) is 21.5. The van der Waals surface area contributed by atoms with Crippen molar-refractivity contribution in [2.45, 2.75) is 19.3 Å². The molecule has 0 unspecified atom stereocenters. The van der Waals surface area contributed by atoms with Crippen LogP contribution in [-0.2, 0) is 12.4 Å². The van der Waals surface area contributed by atoms with Crippen LogP contribution in [0.4, 0.5) is 26.3 Å². The number of Topliss-reactive ketones (excluding diaryl/α,β-unsaturated/α-hetero) is 1. The minimum absolute atomic E-state index is 0.237. The molecule has 0 saturated heterocycles. The summed E-state index contributed by atoms with van der Waals surface area (Å²) in [6.07, 6.45) is -10.8. The molecule has 19 heavy (non-hydrogen) atoms. The van der Waals surface area contributed by atoms with Crippen LogP contribution < -0.4 is 0 Å². The third-order valence-electron chi connectivity index (χ3n) is 2.32. The van der Waals surface area contributed by atoms with E-state index in [9.17, 15) is 35.9 Å². The fourth-order valence-electron chi connectivity index (χ4n) is 1.45. The molecule has 0 spiro atoms. The number of benzene rings is 1. The van der Waals surface area contributed by atoms with Crippen LogP contribution in [0.5, 0.6) is 0 Å². The van der Waals surface area contributed by atoms with Crippen LogP contribution in [0.25, 0.3) is 0 Å². The highest BCUT2D eigenvalue weighted by Gasteiger charge is 2.41. The molecule has 0 aliphatic rings. The van der Waals surface area contributed by atoms with E-state index in [2.05, 4.69) is 0 Å². The number of carbonyl (C=O) groups excluding carboxylic acids is 2. The summed E-state index contributed by atoms with van der Waals surface area (Å²) < 4.78 is 75.7. The molecule has 0 aromatic heterocycles. The monoisotopic (exact) mass is 284 g/mol. The third kappa shape index (κ3) is 3.12. The number of halogens is 6. The molecule has 0 amide bonds. The molecular formula is C11H6F6O2. The Hall–Kier alpha value is -1.86. The van der Waals surface area contributed by atoms with Crippen molar-refractivity contribution in [2.24, 2.45) is 0 Å². The summed E-state index contributed by atoms with van der Waals surface area (Å²) in [5.41, 5.74) is -5.83. The summed E-state index contributed by atoms with van der Waals surface area (Å²) in [6, 6.07) is 0.475. The number of aldehydes is 1. The van der Waals surface area contributed by atoms with Crippen LogP contribution in [0.15, 0.2) is 12.1 Å². The van der Waals surface area contributed by atoms with Crippen molar-refractivity contribution in [3.8, 4) is 0 Å². The van der Waals surface area contributed by atoms with E-state index >= 15 is 0 Å². The van der Waals surface area contributed by atoms with Crippen LogP contribution in [0.1, 0.15) is 38.8 Å². The molecule has 0 bridgehead atoms. The second kappa shape index (κ2) is 4.67. The Morgan fingerprint density at radius 2 is 1.37 bits per heavy atom. The molecule has 1 aromatic rings. The van der Waals surface area contributed by atoms with Gasteiger partial charge in [0.15, 0.2) is 12.1 Å². The molecule has 0 saturated carbocycles. The molecule has 0 heterocycles. The van der Waals surface area contributed by atoms with Crippen molar-refractivity contribution in [3.05, 3.63) is 34.4 Å². The third-order valence-corrected chi connectivity index (χ3v) is 2.32. The molecule has 0 aliphatic carbocycles. The molecule has 1 rings (SSSR count). The van der Waals surface area contributed by atoms with Gasteiger partial charge in [-0.05, 0) is 19.1 Å². The lowest BCUT2D eigenvalue weighted by molar-refractivity contribution is -0.143. The van der Waals surface area contributed by atoms with Crippen molar-refractivity contribution in [2.75, 3.05) is 0 Å². The molecule has 0 aliphatic heterocycles. The summed E-state index contributed by atoms with van der Waals surface area (Å²) in [7, 11) is 0. The van der Waals surface area contributed by atoms with Crippen LogP contribution in [0.3, 0.4) is 0 Å². The largest absolute Gasteiger partial charge is 0.417 e. The summed E-state index contributed by atoms with van der Waals surface area (Å²) in [5, 5.41) is 0. The van der Waals surface area contributed by atoms with Crippen LogP contribution in [0.2, 0.25) is 0 Å². The minimum atomic E-state index is -5.16. The predicted molar refractivity (Wildman–Crippen MR) is 51.8 cm³/mol. The standard InChI is InChI=1S/C11H6F6O2/c1-5(19)6-2-8(10(12,13)14)7(4-18)9(3-6)11(15,16)17/h2-4H,1H3. The normalized spacial score (nSPS) is 12.4. The number of ketones is 1. The Morgan fingerprint density at radius 1 is 1.00 bits per heavy atom. The van der Waals surface area contributed by atoms with E-state index in [1.165, 1.54) is 0 Å².